The summed E-state index contributed by atoms with van der Waals surface area (Å²) < 4.78 is 10.2. The first kappa shape index (κ1) is 26.3. The summed E-state index contributed by atoms with van der Waals surface area (Å²) in [4.78, 5) is 35.3. The molecule has 8 heteroatoms. The molecular weight excluding hydrogens is 468 g/mol. The second-order valence-electron chi connectivity index (χ2n) is 11.3. The first-order chi connectivity index (χ1) is 18.1. The summed E-state index contributed by atoms with van der Waals surface area (Å²) in [7, 11) is 3.15. The van der Waals surface area contributed by atoms with E-state index >= 15 is 0 Å². The van der Waals surface area contributed by atoms with E-state index in [2.05, 4.69) is 31.7 Å². The van der Waals surface area contributed by atoms with E-state index in [1.807, 2.05) is 12.1 Å². The second-order valence-corrected chi connectivity index (χ2v) is 11.3. The Balaban J connectivity index is 1.22. The SMILES string of the molecule is COC(=O)CCCC1C2CCCN3CCCC(CN1C(=O)CN1CCN(c4ccc(OC)cc4)CC1)C23. The zero-order valence-corrected chi connectivity index (χ0v) is 22.6. The molecule has 4 atom stereocenters. The number of anilines is 1. The molecule has 4 heterocycles. The maximum absolute atomic E-state index is 13.8. The number of rotatable bonds is 8. The number of amides is 1. The van der Waals surface area contributed by atoms with Crippen molar-refractivity contribution >= 4 is 17.6 Å². The van der Waals surface area contributed by atoms with Gasteiger partial charge in [0.25, 0.3) is 0 Å². The van der Waals surface area contributed by atoms with Crippen LogP contribution in [0.3, 0.4) is 0 Å². The average molecular weight is 513 g/mol. The summed E-state index contributed by atoms with van der Waals surface area (Å²) in [6.45, 7) is 7.42. The normalized spacial score (nSPS) is 28.5. The summed E-state index contributed by atoms with van der Waals surface area (Å²) >= 11 is 0. The summed E-state index contributed by atoms with van der Waals surface area (Å²) in [5.74, 6) is 2.12. The lowest BCUT2D eigenvalue weighted by Gasteiger charge is -2.57. The molecular formula is C29H44N4O4. The Kier molecular flexibility index (Phi) is 8.55. The molecule has 1 aromatic carbocycles. The van der Waals surface area contributed by atoms with Crippen LogP contribution in [0, 0.1) is 11.8 Å². The Hall–Kier alpha value is -2.32. The number of ether oxygens (including phenoxy) is 2. The standard InChI is InChI=1S/C29H44N4O4/c1-36-24-12-10-23(11-13-24)31-18-16-30(17-19-31)21-27(34)33-20-22-6-4-14-32-15-5-7-25(29(22)32)26(33)8-3-9-28(35)37-2/h10-13,22,25-26,29H,3-9,14-21H2,1-2H3. The molecule has 4 fully saturated rings. The molecule has 204 valence electrons. The van der Waals surface area contributed by atoms with Gasteiger partial charge >= 0.3 is 5.97 Å². The predicted molar refractivity (Wildman–Crippen MR) is 144 cm³/mol. The zero-order valence-electron chi connectivity index (χ0n) is 22.6. The largest absolute Gasteiger partial charge is 0.497 e. The van der Waals surface area contributed by atoms with Gasteiger partial charge in [0.05, 0.1) is 20.8 Å². The van der Waals surface area contributed by atoms with E-state index in [1.165, 1.54) is 51.6 Å². The van der Waals surface area contributed by atoms with E-state index in [9.17, 15) is 9.59 Å². The van der Waals surface area contributed by atoms with Gasteiger partial charge in [-0.05, 0) is 87.7 Å². The van der Waals surface area contributed by atoms with Crippen LogP contribution in [-0.4, -0.2) is 105 Å². The lowest BCUT2D eigenvalue weighted by molar-refractivity contribution is -0.147. The molecule has 0 radical (unpaired) electrons. The number of likely N-dealkylation sites (tertiary alicyclic amines) is 1. The highest BCUT2D eigenvalue weighted by molar-refractivity contribution is 5.79. The van der Waals surface area contributed by atoms with Crippen LogP contribution in [0.25, 0.3) is 0 Å². The van der Waals surface area contributed by atoms with E-state index < -0.39 is 0 Å². The van der Waals surface area contributed by atoms with Crippen LogP contribution in [0.4, 0.5) is 5.69 Å². The third kappa shape index (κ3) is 5.90. The van der Waals surface area contributed by atoms with Crippen LogP contribution >= 0.6 is 0 Å². The van der Waals surface area contributed by atoms with Crippen molar-refractivity contribution in [3.05, 3.63) is 24.3 Å². The van der Waals surface area contributed by atoms with Gasteiger partial charge in [-0.3, -0.25) is 19.4 Å². The Morgan fingerprint density at radius 1 is 0.946 bits per heavy atom. The minimum absolute atomic E-state index is 0.149. The van der Waals surface area contributed by atoms with Gasteiger partial charge in [-0.1, -0.05) is 0 Å². The second kappa shape index (κ2) is 12.0. The molecule has 0 bridgehead atoms. The predicted octanol–water partition coefficient (Wildman–Crippen LogP) is 2.86. The molecule has 4 unspecified atom stereocenters. The Morgan fingerprint density at radius 3 is 2.38 bits per heavy atom. The van der Waals surface area contributed by atoms with Crippen molar-refractivity contribution in [1.29, 1.82) is 0 Å². The number of esters is 1. The summed E-state index contributed by atoms with van der Waals surface area (Å²) in [6, 6.07) is 9.09. The molecule has 8 nitrogen and oxygen atoms in total. The van der Waals surface area contributed by atoms with E-state index in [4.69, 9.17) is 9.47 Å². The molecule has 37 heavy (non-hydrogen) atoms. The molecule has 1 amide bonds. The summed E-state index contributed by atoms with van der Waals surface area (Å²) in [6.07, 6.45) is 7.02. The summed E-state index contributed by atoms with van der Waals surface area (Å²) in [5, 5.41) is 0. The van der Waals surface area contributed by atoms with Crippen LogP contribution in [0.5, 0.6) is 5.75 Å². The minimum Gasteiger partial charge on any atom is -0.497 e. The fourth-order valence-electron chi connectivity index (χ4n) is 7.45. The third-order valence-corrected chi connectivity index (χ3v) is 9.27. The highest BCUT2D eigenvalue weighted by Crippen LogP contribution is 2.43. The minimum atomic E-state index is -0.149. The monoisotopic (exact) mass is 512 g/mol. The number of piperidine rings is 3. The maximum Gasteiger partial charge on any atom is 0.305 e. The molecule has 4 aliphatic heterocycles. The molecule has 0 aliphatic carbocycles. The molecule has 0 saturated carbocycles. The Morgan fingerprint density at radius 2 is 1.68 bits per heavy atom. The van der Waals surface area contributed by atoms with E-state index in [1.54, 1.807) is 7.11 Å². The molecule has 4 saturated heterocycles. The molecule has 0 N–H and O–H groups in total. The fraction of sp³-hybridized carbons (Fsp3) is 0.724. The smallest absolute Gasteiger partial charge is 0.305 e. The van der Waals surface area contributed by atoms with Crippen molar-refractivity contribution < 1.29 is 19.1 Å². The van der Waals surface area contributed by atoms with E-state index in [0.717, 1.165) is 51.3 Å². The van der Waals surface area contributed by atoms with Crippen LogP contribution < -0.4 is 9.64 Å². The first-order valence-electron chi connectivity index (χ1n) is 14.3. The van der Waals surface area contributed by atoms with Gasteiger partial charge in [-0.25, -0.2) is 0 Å². The highest BCUT2D eigenvalue weighted by atomic mass is 16.5. The maximum atomic E-state index is 13.8. The molecule has 1 aromatic rings. The zero-order chi connectivity index (χ0) is 25.8. The van der Waals surface area contributed by atoms with E-state index in [-0.39, 0.29) is 17.9 Å². The highest BCUT2D eigenvalue weighted by Gasteiger charge is 2.49. The van der Waals surface area contributed by atoms with Gasteiger partial charge in [0.15, 0.2) is 0 Å². The van der Waals surface area contributed by atoms with E-state index in [0.29, 0.717) is 30.8 Å². The van der Waals surface area contributed by atoms with Crippen LogP contribution in [0.2, 0.25) is 0 Å². The molecule has 4 aliphatic rings. The number of methoxy groups -OCH3 is 2. The number of hydrogen-bond acceptors (Lipinski definition) is 7. The van der Waals surface area contributed by atoms with Crippen LogP contribution in [0.1, 0.15) is 44.9 Å². The summed E-state index contributed by atoms with van der Waals surface area (Å²) in [5.41, 5.74) is 1.21. The van der Waals surface area contributed by atoms with Crippen molar-refractivity contribution in [3.8, 4) is 5.75 Å². The van der Waals surface area contributed by atoms with Gasteiger partial charge in [0.1, 0.15) is 5.75 Å². The molecule has 0 aromatic heterocycles. The number of piperazine rings is 1. The first-order valence-corrected chi connectivity index (χ1v) is 14.3. The molecule has 5 rings (SSSR count). The van der Waals surface area contributed by atoms with Crippen LogP contribution in [0.15, 0.2) is 24.3 Å². The van der Waals surface area contributed by atoms with Gasteiger partial charge in [-0.15, -0.1) is 0 Å². The number of hydrogen-bond donors (Lipinski definition) is 0. The quantitative estimate of drug-likeness (QED) is 0.496. The van der Waals surface area contributed by atoms with Crippen molar-refractivity contribution in [2.24, 2.45) is 11.8 Å². The van der Waals surface area contributed by atoms with Crippen LogP contribution in [-0.2, 0) is 14.3 Å². The Bertz CT molecular complexity index is 915. The molecule has 0 spiro atoms. The van der Waals surface area contributed by atoms with Gasteiger partial charge in [-0.2, -0.15) is 0 Å². The lowest BCUT2D eigenvalue weighted by Crippen LogP contribution is -2.66. The number of nitrogens with zero attached hydrogens (tertiary/aromatic N) is 4. The average Bonchev–Trinajstić information content (AvgIpc) is 2.94. The third-order valence-electron chi connectivity index (χ3n) is 9.27. The van der Waals surface area contributed by atoms with Crippen molar-refractivity contribution in [2.45, 2.75) is 57.0 Å². The Labute approximate surface area is 221 Å². The van der Waals surface area contributed by atoms with Crippen molar-refractivity contribution in [2.75, 3.05) is 71.5 Å². The van der Waals surface area contributed by atoms with Crippen molar-refractivity contribution in [3.63, 3.8) is 0 Å². The fourth-order valence-corrected chi connectivity index (χ4v) is 7.45. The topological polar surface area (TPSA) is 65.6 Å². The number of carbonyl (C=O) groups is 2. The van der Waals surface area contributed by atoms with Crippen molar-refractivity contribution in [1.82, 2.24) is 14.7 Å². The number of carbonyl (C=O) groups excluding carboxylic acids is 2. The van der Waals surface area contributed by atoms with Gasteiger partial charge in [0, 0.05) is 56.9 Å². The lowest BCUT2D eigenvalue weighted by atomic mass is 9.69. The van der Waals surface area contributed by atoms with Gasteiger partial charge in [0.2, 0.25) is 5.91 Å². The number of benzene rings is 1. The van der Waals surface area contributed by atoms with Gasteiger partial charge < -0.3 is 19.3 Å².